The first kappa shape index (κ1) is 17.3. The van der Waals surface area contributed by atoms with E-state index in [1.165, 1.54) is 10.7 Å². The second kappa shape index (κ2) is 6.22. The molecule has 1 aromatic carbocycles. The van der Waals surface area contributed by atoms with Crippen LogP contribution in [0.25, 0.3) is 16.8 Å². The van der Waals surface area contributed by atoms with Gasteiger partial charge < -0.3 is 5.73 Å². The van der Waals surface area contributed by atoms with Crippen LogP contribution in [-0.4, -0.2) is 20.7 Å². The summed E-state index contributed by atoms with van der Waals surface area (Å²) in [6.07, 6.45) is 0.153. The molecule has 1 fully saturated rings. The number of benzene rings is 1. The quantitative estimate of drug-likeness (QED) is 0.754. The zero-order valence-corrected chi connectivity index (χ0v) is 14.1. The number of rotatable bonds is 4. The van der Waals surface area contributed by atoms with Gasteiger partial charge in [0, 0.05) is 35.1 Å². The molecule has 3 aromatic rings. The highest BCUT2D eigenvalue weighted by atomic mass is 19.4. The third-order valence-electron chi connectivity index (χ3n) is 4.51. The molecule has 27 heavy (non-hydrogen) atoms. The Morgan fingerprint density at radius 3 is 2.56 bits per heavy atom. The van der Waals surface area contributed by atoms with Crippen molar-refractivity contribution in [1.82, 2.24) is 14.8 Å². The number of alkyl halides is 3. The first-order valence-corrected chi connectivity index (χ1v) is 8.37. The van der Waals surface area contributed by atoms with Crippen LogP contribution in [0.1, 0.15) is 40.5 Å². The highest BCUT2D eigenvalue weighted by Crippen LogP contribution is 2.44. The van der Waals surface area contributed by atoms with Crippen LogP contribution in [0.15, 0.2) is 48.8 Å². The van der Waals surface area contributed by atoms with Crippen molar-refractivity contribution in [1.29, 1.82) is 0 Å². The van der Waals surface area contributed by atoms with Crippen molar-refractivity contribution in [2.75, 3.05) is 0 Å². The second-order valence-corrected chi connectivity index (χ2v) is 6.45. The minimum Gasteiger partial charge on any atom is -0.366 e. The van der Waals surface area contributed by atoms with Crippen molar-refractivity contribution in [3.8, 4) is 16.8 Å². The molecule has 2 heterocycles. The van der Waals surface area contributed by atoms with Gasteiger partial charge in [0.05, 0.1) is 11.3 Å². The van der Waals surface area contributed by atoms with Gasteiger partial charge in [0.2, 0.25) is 0 Å². The lowest BCUT2D eigenvalue weighted by Crippen LogP contribution is -2.17. The second-order valence-electron chi connectivity index (χ2n) is 6.45. The molecule has 0 radical (unpaired) electrons. The molecule has 1 amide bonds. The van der Waals surface area contributed by atoms with Crippen molar-refractivity contribution in [2.45, 2.75) is 24.9 Å². The molecule has 0 spiro atoms. The average Bonchev–Trinajstić information content (AvgIpc) is 3.38. The molecule has 0 aliphatic heterocycles. The van der Waals surface area contributed by atoms with E-state index in [2.05, 4.69) is 10.1 Å². The number of para-hydroxylation sites is 1. The minimum atomic E-state index is -4.58. The van der Waals surface area contributed by atoms with Crippen LogP contribution in [-0.2, 0) is 6.18 Å². The molecule has 5 nitrogen and oxygen atoms in total. The predicted octanol–water partition coefficient (Wildman–Crippen LogP) is 3.93. The highest BCUT2D eigenvalue weighted by molar-refractivity contribution is 5.99. The number of carbonyl (C=O) groups is 1. The first-order chi connectivity index (χ1) is 12.9. The number of hydrogen-bond acceptors (Lipinski definition) is 3. The maximum absolute atomic E-state index is 13.3. The number of halogens is 3. The Morgan fingerprint density at radius 2 is 1.96 bits per heavy atom. The van der Waals surface area contributed by atoms with E-state index in [1.807, 2.05) is 0 Å². The number of primary amides is 1. The summed E-state index contributed by atoms with van der Waals surface area (Å²) in [6, 6.07) is 9.37. The monoisotopic (exact) mass is 372 g/mol. The Balaban J connectivity index is 2.01. The number of nitrogens with zero attached hydrogens (tertiary/aromatic N) is 3. The van der Waals surface area contributed by atoms with E-state index in [0.29, 0.717) is 16.8 Å². The number of pyridine rings is 1. The van der Waals surface area contributed by atoms with Gasteiger partial charge in [0.1, 0.15) is 0 Å². The summed E-state index contributed by atoms with van der Waals surface area (Å²) in [4.78, 5) is 16.1. The Morgan fingerprint density at radius 1 is 1.19 bits per heavy atom. The van der Waals surface area contributed by atoms with Crippen molar-refractivity contribution >= 4 is 5.91 Å². The normalized spacial score (nSPS) is 14.3. The number of carbonyl (C=O) groups excluding carboxylic acids is 1. The molecule has 1 aliphatic rings. The fourth-order valence-corrected chi connectivity index (χ4v) is 3.11. The van der Waals surface area contributed by atoms with Crippen molar-refractivity contribution in [3.63, 3.8) is 0 Å². The van der Waals surface area contributed by atoms with Gasteiger partial charge in [0.15, 0.2) is 5.69 Å². The van der Waals surface area contributed by atoms with Gasteiger partial charge in [-0.2, -0.15) is 18.3 Å². The van der Waals surface area contributed by atoms with Crippen LogP contribution in [0.2, 0.25) is 0 Å². The van der Waals surface area contributed by atoms with Gasteiger partial charge in [-0.05, 0) is 31.0 Å². The smallest absolute Gasteiger partial charge is 0.366 e. The SMILES string of the molecule is NC(=O)c1cccc(-c2cccnc2)c1-n1nc(C(F)(F)F)cc1C1CC1. The van der Waals surface area contributed by atoms with E-state index in [1.54, 1.807) is 36.7 Å². The van der Waals surface area contributed by atoms with Crippen LogP contribution in [0.3, 0.4) is 0 Å². The van der Waals surface area contributed by atoms with Crippen LogP contribution in [0, 0.1) is 0 Å². The van der Waals surface area contributed by atoms with Crippen molar-refractivity contribution in [2.24, 2.45) is 5.73 Å². The number of amides is 1. The molecule has 0 bridgehead atoms. The maximum atomic E-state index is 13.3. The summed E-state index contributed by atoms with van der Waals surface area (Å²) >= 11 is 0. The summed E-state index contributed by atoms with van der Waals surface area (Å²) in [6.45, 7) is 0. The lowest BCUT2D eigenvalue weighted by Gasteiger charge is -2.16. The van der Waals surface area contributed by atoms with E-state index in [9.17, 15) is 18.0 Å². The number of nitrogens with two attached hydrogens (primary N) is 1. The van der Waals surface area contributed by atoms with Crippen LogP contribution < -0.4 is 5.73 Å². The lowest BCUT2D eigenvalue weighted by molar-refractivity contribution is -0.141. The summed E-state index contributed by atoms with van der Waals surface area (Å²) in [5, 5.41) is 3.81. The first-order valence-electron chi connectivity index (χ1n) is 8.37. The summed E-state index contributed by atoms with van der Waals surface area (Å²) < 4.78 is 41.1. The van der Waals surface area contributed by atoms with E-state index in [4.69, 9.17) is 5.73 Å². The molecule has 2 N–H and O–H groups in total. The molecular formula is C19H15F3N4O. The summed E-state index contributed by atoms with van der Waals surface area (Å²) in [5.74, 6) is -0.752. The summed E-state index contributed by atoms with van der Waals surface area (Å²) in [5.41, 5.74) is 6.51. The largest absolute Gasteiger partial charge is 0.435 e. The Hall–Kier alpha value is -3.16. The Kier molecular flexibility index (Phi) is 3.98. The van der Waals surface area contributed by atoms with Gasteiger partial charge in [-0.25, -0.2) is 4.68 Å². The average molecular weight is 372 g/mol. The molecule has 8 heteroatoms. The highest BCUT2D eigenvalue weighted by Gasteiger charge is 2.38. The zero-order chi connectivity index (χ0) is 19.2. The predicted molar refractivity (Wildman–Crippen MR) is 92.3 cm³/mol. The van der Waals surface area contributed by atoms with Crippen molar-refractivity contribution < 1.29 is 18.0 Å². The van der Waals surface area contributed by atoms with E-state index >= 15 is 0 Å². The van der Waals surface area contributed by atoms with Crippen LogP contribution >= 0.6 is 0 Å². The molecule has 4 rings (SSSR count). The maximum Gasteiger partial charge on any atom is 0.435 e. The Labute approximate surface area is 152 Å². The van der Waals surface area contributed by atoms with Gasteiger partial charge in [-0.15, -0.1) is 0 Å². The third-order valence-corrected chi connectivity index (χ3v) is 4.51. The van der Waals surface area contributed by atoms with Gasteiger partial charge in [-0.3, -0.25) is 9.78 Å². The molecule has 1 saturated carbocycles. The van der Waals surface area contributed by atoms with Crippen LogP contribution in [0.4, 0.5) is 13.2 Å². The molecule has 138 valence electrons. The van der Waals surface area contributed by atoms with Crippen LogP contribution in [0.5, 0.6) is 0 Å². The Bertz CT molecular complexity index is 1010. The molecule has 0 atom stereocenters. The fraction of sp³-hybridized carbons (Fsp3) is 0.211. The lowest BCUT2D eigenvalue weighted by atomic mass is 10.0. The van der Waals surface area contributed by atoms with E-state index in [0.717, 1.165) is 18.9 Å². The minimum absolute atomic E-state index is 0.0173. The standard InChI is InChI=1S/C19H15F3N4O/c20-19(21,22)16-9-15(11-6-7-11)26(25-16)17-13(12-3-2-8-24-10-12)4-1-5-14(17)18(23)27/h1-5,8-11H,6-7H2,(H2,23,27). The molecule has 1 aliphatic carbocycles. The van der Waals surface area contributed by atoms with Crippen molar-refractivity contribution in [3.05, 3.63) is 65.7 Å². The van der Waals surface area contributed by atoms with Gasteiger partial charge in [-0.1, -0.05) is 18.2 Å². The molecular weight excluding hydrogens is 357 g/mol. The fourth-order valence-electron chi connectivity index (χ4n) is 3.11. The molecule has 0 unspecified atom stereocenters. The third kappa shape index (κ3) is 3.18. The van der Waals surface area contributed by atoms with Gasteiger partial charge >= 0.3 is 6.18 Å². The number of aromatic nitrogens is 3. The van der Waals surface area contributed by atoms with Gasteiger partial charge in [0.25, 0.3) is 5.91 Å². The zero-order valence-electron chi connectivity index (χ0n) is 14.1. The topological polar surface area (TPSA) is 73.8 Å². The molecule has 0 saturated heterocycles. The number of hydrogen-bond donors (Lipinski definition) is 1. The van der Waals surface area contributed by atoms with E-state index in [-0.39, 0.29) is 17.2 Å². The van der Waals surface area contributed by atoms with E-state index < -0.39 is 17.8 Å². The molecule has 2 aromatic heterocycles. The summed E-state index contributed by atoms with van der Waals surface area (Å²) in [7, 11) is 0.